The molecule has 0 aliphatic heterocycles. The highest BCUT2D eigenvalue weighted by Gasteiger charge is 2.38. The van der Waals surface area contributed by atoms with Crippen LogP contribution in [0, 0.1) is 11.3 Å². The molecule has 0 heterocycles. The van der Waals surface area contributed by atoms with Gasteiger partial charge in [-0.3, -0.25) is 4.79 Å². The van der Waals surface area contributed by atoms with Crippen molar-refractivity contribution < 1.29 is 19.7 Å². The third kappa shape index (κ3) is 3.23. The molecule has 0 spiro atoms. The fraction of sp³-hybridized carbons (Fsp3) is 0.500. The minimum Gasteiger partial charge on any atom is -0.497 e. The van der Waals surface area contributed by atoms with Crippen molar-refractivity contribution in [3.8, 4) is 5.75 Å². The number of methoxy groups -OCH3 is 1. The molecule has 0 fully saturated rings. The van der Waals surface area contributed by atoms with Crippen LogP contribution in [0.1, 0.15) is 32.4 Å². The topological polar surface area (TPSA) is 66.8 Å². The Labute approximate surface area is 107 Å². The molecule has 0 saturated carbocycles. The van der Waals surface area contributed by atoms with Gasteiger partial charge in [0.2, 0.25) is 0 Å². The molecule has 0 aliphatic carbocycles. The largest absolute Gasteiger partial charge is 0.497 e. The minimum atomic E-state index is -1.06. The third-order valence-corrected chi connectivity index (χ3v) is 2.95. The van der Waals surface area contributed by atoms with Crippen LogP contribution in [0.2, 0.25) is 0 Å². The fourth-order valence-corrected chi connectivity index (χ4v) is 2.00. The highest BCUT2D eigenvalue weighted by atomic mass is 16.5. The maximum absolute atomic E-state index is 11.3. The lowest BCUT2D eigenvalue weighted by molar-refractivity contribution is -0.151. The predicted molar refractivity (Wildman–Crippen MR) is 68.5 cm³/mol. The molecule has 1 aromatic rings. The van der Waals surface area contributed by atoms with Crippen LogP contribution in [0.5, 0.6) is 5.75 Å². The van der Waals surface area contributed by atoms with Crippen molar-refractivity contribution in [1.29, 1.82) is 0 Å². The lowest BCUT2D eigenvalue weighted by atomic mass is 9.75. The fourth-order valence-electron chi connectivity index (χ4n) is 2.00. The van der Waals surface area contributed by atoms with E-state index in [4.69, 9.17) is 4.74 Å². The number of rotatable bonds is 4. The van der Waals surface area contributed by atoms with Crippen molar-refractivity contribution in [3.63, 3.8) is 0 Å². The first kappa shape index (κ1) is 14.5. The summed E-state index contributed by atoms with van der Waals surface area (Å²) >= 11 is 0. The molecule has 0 aliphatic rings. The summed E-state index contributed by atoms with van der Waals surface area (Å²) in [6.45, 7) is 5.40. The number of carbonyl (C=O) groups is 1. The van der Waals surface area contributed by atoms with E-state index in [0.717, 1.165) is 0 Å². The summed E-state index contributed by atoms with van der Waals surface area (Å²) in [6.07, 6.45) is -1.06. The van der Waals surface area contributed by atoms with Crippen molar-refractivity contribution in [2.75, 3.05) is 7.11 Å². The Morgan fingerprint density at radius 2 is 1.94 bits per heavy atom. The van der Waals surface area contributed by atoms with Crippen LogP contribution >= 0.6 is 0 Å². The maximum atomic E-state index is 11.3. The van der Waals surface area contributed by atoms with Crippen molar-refractivity contribution in [2.45, 2.75) is 26.9 Å². The number of aliphatic hydroxyl groups is 1. The summed E-state index contributed by atoms with van der Waals surface area (Å²) in [7, 11) is 1.53. The molecule has 18 heavy (non-hydrogen) atoms. The molecule has 100 valence electrons. The van der Waals surface area contributed by atoms with E-state index in [9.17, 15) is 15.0 Å². The molecule has 0 saturated heterocycles. The van der Waals surface area contributed by atoms with Crippen molar-refractivity contribution in [1.82, 2.24) is 0 Å². The molecule has 4 heteroatoms. The van der Waals surface area contributed by atoms with Gasteiger partial charge in [0, 0.05) is 0 Å². The maximum Gasteiger partial charge on any atom is 0.310 e. The van der Waals surface area contributed by atoms with E-state index in [-0.39, 0.29) is 0 Å². The van der Waals surface area contributed by atoms with Crippen LogP contribution in [-0.2, 0) is 4.79 Å². The molecule has 2 unspecified atom stereocenters. The molecule has 0 radical (unpaired) electrons. The van der Waals surface area contributed by atoms with E-state index in [1.807, 2.05) is 0 Å². The van der Waals surface area contributed by atoms with Gasteiger partial charge in [0.25, 0.3) is 0 Å². The molecule has 2 atom stereocenters. The SMILES string of the molecule is COc1cccc(C(O)C(C(=O)O)C(C)(C)C)c1. The average Bonchev–Trinajstić information content (AvgIpc) is 2.26. The highest BCUT2D eigenvalue weighted by molar-refractivity contribution is 5.72. The van der Waals surface area contributed by atoms with Crippen LogP contribution in [0.25, 0.3) is 0 Å². The average molecular weight is 252 g/mol. The van der Waals surface area contributed by atoms with Gasteiger partial charge in [-0.2, -0.15) is 0 Å². The van der Waals surface area contributed by atoms with Crippen LogP contribution in [0.4, 0.5) is 0 Å². The first-order valence-electron chi connectivity index (χ1n) is 5.82. The summed E-state index contributed by atoms with van der Waals surface area (Å²) in [5, 5.41) is 19.5. The Kier molecular flexibility index (Phi) is 4.35. The monoisotopic (exact) mass is 252 g/mol. The summed E-state index contributed by atoms with van der Waals surface area (Å²) in [4.78, 5) is 11.3. The van der Waals surface area contributed by atoms with E-state index >= 15 is 0 Å². The van der Waals surface area contributed by atoms with Gasteiger partial charge in [0.05, 0.1) is 19.1 Å². The van der Waals surface area contributed by atoms with Crippen LogP contribution < -0.4 is 4.74 Å². The molecule has 1 aromatic carbocycles. The van der Waals surface area contributed by atoms with Gasteiger partial charge < -0.3 is 14.9 Å². The molecular weight excluding hydrogens is 232 g/mol. The van der Waals surface area contributed by atoms with Gasteiger partial charge in [0.15, 0.2) is 0 Å². The minimum absolute atomic E-state index is 0.533. The summed E-state index contributed by atoms with van der Waals surface area (Å²) < 4.78 is 5.07. The first-order valence-corrected chi connectivity index (χ1v) is 5.82. The number of aliphatic hydroxyl groups excluding tert-OH is 1. The van der Waals surface area contributed by atoms with Gasteiger partial charge >= 0.3 is 5.97 Å². The van der Waals surface area contributed by atoms with E-state index in [2.05, 4.69) is 0 Å². The number of carboxylic acids is 1. The molecule has 4 nitrogen and oxygen atoms in total. The molecule has 1 rings (SSSR count). The van der Waals surface area contributed by atoms with Gasteiger partial charge in [0.1, 0.15) is 5.75 Å². The van der Waals surface area contributed by atoms with Crippen LogP contribution in [0.15, 0.2) is 24.3 Å². The Hall–Kier alpha value is -1.55. The predicted octanol–water partition coefficient (Wildman–Crippen LogP) is 2.48. The van der Waals surface area contributed by atoms with Gasteiger partial charge in [-0.25, -0.2) is 0 Å². The number of benzene rings is 1. The second kappa shape index (κ2) is 5.40. The first-order chi connectivity index (χ1) is 8.27. The number of ether oxygens (including phenoxy) is 1. The quantitative estimate of drug-likeness (QED) is 0.864. The lowest BCUT2D eigenvalue weighted by Gasteiger charge is -2.31. The second-order valence-corrected chi connectivity index (χ2v) is 5.40. The Morgan fingerprint density at radius 3 is 2.39 bits per heavy atom. The smallest absolute Gasteiger partial charge is 0.310 e. The number of carboxylic acid groups (broad SMARTS) is 1. The summed E-state index contributed by atoms with van der Waals surface area (Å²) in [5.41, 5.74) is 0.0191. The Morgan fingerprint density at radius 1 is 1.33 bits per heavy atom. The Bertz CT molecular complexity index is 420. The van der Waals surface area contributed by atoms with E-state index in [1.165, 1.54) is 7.11 Å². The zero-order valence-electron chi connectivity index (χ0n) is 11.2. The summed E-state index contributed by atoms with van der Waals surface area (Å²) in [6, 6.07) is 6.85. The van der Waals surface area contributed by atoms with Crippen molar-refractivity contribution >= 4 is 5.97 Å². The van der Waals surface area contributed by atoms with E-state index < -0.39 is 23.4 Å². The molecular formula is C14H20O4. The van der Waals surface area contributed by atoms with E-state index in [1.54, 1.807) is 45.0 Å². The van der Waals surface area contributed by atoms with Gasteiger partial charge in [-0.05, 0) is 23.1 Å². The highest BCUT2D eigenvalue weighted by Crippen LogP contribution is 2.37. The standard InChI is InChI=1S/C14H20O4/c1-14(2,3)11(13(16)17)12(15)9-6-5-7-10(8-9)18-4/h5-8,11-12,15H,1-4H3,(H,16,17). The number of aliphatic carboxylic acids is 1. The molecule has 0 aromatic heterocycles. The third-order valence-electron chi connectivity index (χ3n) is 2.95. The lowest BCUT2D eigenvalue weighted by Crippen LogP contribution is -2.33. The molecule has 0 bridgehead atoms. The van der Waals surface area contributed by atoms with Crippen LogP contribution in [-0.4, -0.2) is 23.3 Å². The zero-order chi connectivity index (χ0) is 13.9. The normalized spacial score (nSPS) is 14.9. The van der Waals surface area contributed by atoms with Crippen molar-refractivity contribution in [2.24, 2.45) is 11.3 Å². The van der Waals surface area contributed by atoms with Crippen LogP contribution in [0.3, 0.4) is 0 Å². The summed E-state index contributed by atoms with van der Waals surface area (Å²) in [5.74, 6) is -1.27. The van der Waals surface area contributed by atoms with Gasteiger partial charge in [-0.15, -0.1) is 0 Å². The number of hydrogen-bond donors (Lipinski definition) is 2. The number of hydrogen-bond acceptors (Lipinski definition) is 3. The zero-order valence-corrected chi connectivity index (χ0v) is 11.2. The second-order valence-electron chi connectivity index (χ2n) is 5.40. The molecule has 2 N–H and O–H groups in total. The van der Waals surface area contributed by atoms with E-state index in [0.29, 0.717) is 11.3 Å². The Balaban J connectivity index is 3.09. The van der Waals surface area contributed by atoms with Gasteiger partial charge in [-0.1, -0.05) is 32.9 Å². The van der Waals surface area contributed by atoms with Crippen molar-refractivity contribution in [3.05, 3.63) is 29.8 Å². The molecule has 0 amide bonds.